The van der Waals surface area contributed by atoms with Crippen LogP contribution in [0.1, 0.15) is 26.3 Å². The minimum absolute atomic E-state index is 0. The number of hydrogen-bond acceptors (Lipinski definition) is 9. The second kappa shape index (κ2) is 15.0. The zero-order chi connectivity index (χ0) is 21.8. The first-order valence-electron chi connectivity index (χ1n) is 9.87. The normalized spacial score (nSPS) is 16.0. The molecule has 0 spiro atoms. The van der Waals surface area contributed by atoms with E-state index >= 15 is 0 Å². The van der Waals surface area contributed by atoms with Gasteiger partial charge in [-0.15, -0.1) is 0 Å². The maximum absolute atomic E-state index is 5.40. The number of nitrogens with zero attached hydrogens (tertiary/aromatic N) is 6. The van der Waals surface area contributed by atoms with Gasteiger partial charge in [0.2, 0.25) is 0 Å². The monoisotopic (exact) mass is 511 g/mol. The van der Waals surface area contributed by atoms with Crippen LogP contribution in [0.15, 0.2) is 38.5 Å². The molecule has 0 aliphatic carbocycles. The zero-order valence-electron chi connectivity index (χ0n) is 17.9. The molecular weight excluding hydrogens is 484 g/mol. The summed E-state index contributed by atoms with van der Waals surface area (Å²) < 4.78 is 5.40. The van der Waals surface area contributed by atoms with E-state index < -0.39 is 0 Å². The van der Waals surface area contributed by atoms with Gasteiger partial charge in [-0.05, 0) is 42.7 Å². The van der Waals surface area contributed by atoms with Crippen molar-refractivity contribution >= 4 is 52.8 Å². The molecule has 1 radical (unpaired) electrons. The Bertz CT molecular complexity index is 793. The molecule has 0 atom stereocenters. The van der Waals surface area contributed by atoms with E-state index in [1.807, 2.05) is 39.1 Å². The van der Waals surface area contributed by atoms with Gasteiger partial charge in [-0.25, -0.2) is 4.98 Å². The second-order valence-electron chi connectivity index (χ2n) is 6.34. The van der Waals surface area contributed by atoms with E-state index in [0.717, 1.165) is 37.7 Å². The molecule has 1 aliphatic heterocycles. The number of amidine groups is 2. The van der Waals surface area contributed by atoms with Crippen molar-refractivity contribution in [1.82, 2.24) is 15.8 Å². The van der Waals surface area contributed by atoms with Crippen LogP contribution in [-0.4, -0.2) is 66.1 Å². The van der Waals surface area contributed by atoms with Crippen LogP contribution in [0.4, 0.5) is 5.82 Å². The molecule has 0 amide bonds. The summed E-state index contributed by atoms with van der Waals surface area (Å²) in [6.45, 7) is 10.00. The molecule has 2 N–H and O–H groups in total. The summed E-state index contributed by atoms with van der Waals surface area (Å²) in [7, 11) is 0. The quantitative estimate of drug-likeness (QED) is 0.178. The number of rotatable bonds is 8. The Hall–Kier alpha value is -1.85. The van der Waals surface area contributed by atoms with E-state index in [0.29, 0.717) is 41.3 Å². The molecule has 0 aromatic carbocycles. The van der Waals surface area contributed by atoms with Crippen LogP contribution in [0.3, 0.4) is 0 Å². The zero-order valence-corrected chi connectivity index (χ0v) is 20.5. The molecular formula is C19H28CuN8OS2. The maximum atomic E-state index is 5.40. The Morgan fingerprint density at radius 1 is 1.06 bits per heavy atom. The molecule has 1 aromatic heterocycles. The molecule has 0 unspecified atom stereocenters. The van der Waals surface area contributed by atoms with Crippen molar-refractivity contribution in [2.75, 3.05) is 44.3 Å². The van der Waals surface area contributed by atoms with Gasteiger partial charge in [0, 0.05) is 38.8 Å². The predicted octanol–water partition coefficient (Wildman–Crippen LogP) is 1.21. The third kappa shape index (κ3) is 9.88. The van der Waals surface area contributed by atoms with Gasteiger partial charge in [0.25, 0.3) is 0 Å². The first kappa shape index (κ1) is 27.2. The van der Waals surface area contributed by atoms with Crippen molar-refractivity contribution in [3.63, 3.8) is 0 Å². The van der Waals surface area contributed by atoms with Gasteiger partial charge in [-0.3, -0.25) is 20.8 Å². The summed E-state index contributed by atoms with van der Waals surface area (Å²) in [6.07, 6.45) is 2.37. The van der Waals surface area contributed by atoms with Crippen molar-refractivity contribution < 1.29 is 21.8 Å². The summed E-state index contributed by atoms with van der Waals surface area (Å²) >= 11 is 10.3. The fourth-order valence-electron chi connectivity index (χ4n) is 2.61. The largest absolute Gasteiger partial charge is 2.00 e. The molecule has 2 heterocycles. The first-order valence-corrected chi connectivity index (χ1v) is 10.7. The van der Waals surface area contributed by atoms with Gasteiger partial charge in [0.15, 0.2) is 0 Å². The van der Waals surface area contributed by atoms with E-state index in [2.05, 4.69) is 40.9 Å². The molecule has 1 saturated heterocycles. The van der Waals surface area contributed by atoms with E-state index in [-0.39, 0.29) is 17.1 Å². The molecule has 1 aliphatic rings. The average Bonchev–Trinajstić information content (AvgIpc) is 2.76. The third-order valence-corrected chi connectivity index (χ3v) is 4.58. The van der Waals surface area contributed by atoms with Crippen molar-refractivity contribution in [2.45, 2.75) is 27.2 Å². The number of hydrazone groups is 2. The maximum Gasteiger partial charge on any atom is 2.00 e. The summed E-state index contributed by atoms with van der Waals surface area (Å²) in [6, 6.07) is 4.06. The number of morpholine rings is 1. The molecule has 9 nitrogen and oxygen atoms in total. The third-order valence-electron chi connectivity index (χ3n) is 4.14. The Kier molecular flexibility index (Phi) is 13.2. The van der Waals surface area contributed by atoms with Crippen LogP contribution in [0.25, 0.3) is 0 Å². The van der Waals surface area contributed by atoms with Crippen LogP contribution < -0.4 is 15.8 Å². The Morgan fingerprint density at radius 3 is 2.23 bits per heavy atom. The average molecular weight is 512 g/mol. The molecule has 1 aromatic rings. The van der Waals surface area contributed by atoms with Gasteiger partial charge in [0.1, 0.15) is 5.82 Å². The van der Waals surface area contributed by atoms with Crippen LogP contribution in [0.5, 0.6) is 0 Å². The van der Waals surface area contributed by atoms with Crippen molar-refractivity contribution in [1.29, 1.82) is 0 Å². The van der Waals surface area contributed by atoms with Crippen LogP contribution >= 0.6 is 0 Å². The van der Waals surface area contributed by atoms with Crippen molar-refractivity contribution in [3.8, 4) is 0 Å². The van der Waals surface area contributed by atoms with Gasteiger partial charge >= 0.3 is 17.1 Å². The number of anilines is 1. The van der Waals surface area contributed by atoms with E-state index in [1.54, 1.807) is 0 Å². The fraction of sp³-hybridized carbons (Fsp3) is 0.526. The van der Waals surface area contributed by atoms with Crippen molar-refractivity contribution in [2.24, 2.45) is 20.2 Å². The molecule has 1 fully saturated rings. The summed E-state index contributed by atoms with van der Waals surface area (Å²) in [5.41, 5.74) is 7.93. The minimum Gasteiger partial charge on any atom is -0.741 e. The number of aromatic nitrogens is 1. The topological polar surface area (TPSA) is 98.9 Å². The smallest absolute Gasteiger partial charge is 0.741 e. The van der Waals surface area contributed by atoms with Gasteiger partial charge in [-0.2, -0.15) is 10.2 Å². The minimum atomic E-state index is 0. The summed E-state index contributed by atoms with van der Waals surface area (Å²) in [5, 5.41) is 9.36. The number of nitrogens with one attached hydrogen (secondary N) is 2. The molecule has 2 rings (SSSR count). The van der Waals surface area contributed by atoms with E-state index in [9.17, 15) is 0 Å². The van der Waals surface area contributed by atoms with Crippen LogP contribution in [0.2, 0.25) is 0 Å². The Labute approximate surface area is 205 Å². The number of hydrogen-bond donors (Lipinski definition) is 2. The van der Waals surface area contributed by atoms with Crippen molar-refractivity contribution in [3.05, 3.63) is 23.9 Å². The van der Waals surface area contributed by atoms with Crippen LogP contribution in [-0.2, 0) is 53.5 Å². The number of pyridine rings is 1. The molecule has 0 saturated carbocycles. The van der Waals surface area contributed by atoms with E-state index in [4.69, 9.17) is 30.0 Å². The second-order valence-corrected chi connectivity index (χ2v) is 7.11. The van der Waals surface area contributed by atoms with Crippen LogP contribution in [0, 0.1) is 0 Å². The molecule has 31 heavy (non-hydrogen) atoms. The first-order chi connectivity index (χ1) is 14.5. The molecule has 173 valence electrons. The summed E-state index contributed by atoms with van der Waals surface area (Å²) in [4.78, 5) is 15.0. The summed E-state index contributed by atoms with van der Waals surface area (Å²) in [5.74, 6) is 0.945. The molecule has 0 bridgehead atoms. The predicted molar refractivity (Wildman–Crippen MR) is 128 cm³/mol. The fourth-order valence-corrected chi connectivity index (χ4v) is 2.96. The number of ether oxygens (including phenoxy) is 1. The number of aliphatic imine (C=N–C) groups is 2. The SMILES string of the molecule is CCN=C([S-])N/N=C(C)/C(Cc1ccc(N2CCOCC2)nc1)=N/NC([S-])=NCC.[Cu+2]. The Balaban J connectivity index is 0.00000480. The van der Waals surface area contributed by atoms with Gasteiger partial charge in [0.05, 0.1) is 24.6 Å². The van der Waals surface area contributed by atoms with E-state index in [1.165, 1.54) is 0 Å². The standard InChI is InChI=1S/C19H30N8OS2.Cu/c1-4-20-18(29)25-23-14(3)16(24-26-19(30)21-5-2)12-15-6-7-17(22-13-15)27-8-10-28-11-9-27;/h6-7,13H,4-5,8-12H2,1-3H3,(H2,20,25,29)(H2,21,26,30);/q;+2/p-2/b23-14+,24-16+;. The molecule has 12 heteroatoms. The van der Waals surface area contributed by atoms with Gasteiger partial charge in [-0.1, -0.05) is 6.07 Å². The Morgan fingerprint density at radius 2 is 1.68 bits per heavy atom. The van der Waals surface area contributed by atoms with Gasteiger partial charge < -0.3 is 34.9 Å².